The Morgan fingerprint density at radius 3 is 1.17 bits per heavy atom. The molecule has 0 aromatic rings. The van der Waals surface area contributed by atoms with Gasteiger partial charge in [0.15, 0.2) is 0 Å². The zero-order chi connectivity index (χ0) is 5.58. The summed E-state index contributed by atoms with van der Waals surface area (Å²) in [6.45, 7) is 0. The van der Waals surface area contributed by atoms with Crippen molar-refractivity contribution in [3.8, 4) is 0 Å². The zero-order valence-electron chi connectivity index (χ0n) is 2.83. The third-order valence-electron chi connectivity index (χ3n) is 0. The van der Waals surface area contributed by atoms with Crippen molar-refractivity contribution in [2.24, 2.45) is 0 Å². The summed E-state index contributed by atoms with van der Waals surface area (Å²) in [5.41, 5.74) is 0. The monoisotopic (exact) mass is 286 g/mol. The molecule has 0 saturated carbocycles. The molecular formula is BF3HgO. The molecule has 0 unspecified atom stereocenters. The number of hydrogen-bond acceptors (Lipinski definition) is 1. The Hall–Kier alpha value is 0.590. The van der Waals surface area contributed by atoms with E-state index in [1.165, 1.54) is 0 Å². The first-order chi connectivity index (χ1) is 2.73. The van der Waals surface area contributed by atoms with Crippen molar-refractivity contribution < 1.29 is 41.7 Å². The molecule has 0 aliphatic rings. The van der Waals surface area contributed by atoms with Crippen LogP contribution in [-0.2, 0) is 28.8 Å². The summed E-state index contributed by atoms with van der Waals surface area (Å²) in [7, 11) is -3.67. The summed E-state index contributed by atoms with van der Waals surface area (Å²) in [5, 5.41) is 0. The molecule has 6 heavy (non-hydrogen) atoms. The van der Waals surface area contributed by atoms with Crippen LogP contribution in [0.3, 0.4) is 0 Å². The van der Waals surface area contributed by atoms with Crippen LogP contribution in [-0.4, -0.2) is 7.54 Å². The molecule has 0 N–H and O–H groups in total. The molecule has 0 spiro atoms. The van der Waals surface area contributed by atoms with E-state index in [2.05, 4.69) is 0 Å². The van der Waals surface area contributed by atoms with Gasteiger partial charge in [0.1, 0.15) is 0 Å². The molecule has 0 amide bonds. The number of rotatable bonds is 0. The molecule has 0 aliphatic carbocycles. The molecule has 0 aliphatic heterocycles. The molecule has 0 radical (unpaired) electrons. The molecule has 0 rings (SSSR count). The second kappa shape index (κ2) is 9.14. The van der Waals surface area contributed by atoms with Gasteiger partial charge in [-0.05, 0) is 0 Å². The van der Waals surface area contributed by atoms with E-state index in [-0.39, 0.29) is 26.1 Å². The standard InChI is InChI=1S/BF3.Hg.O/c2-1(3)4;;. The van der Waals surface area contributed by atoms with Crippen LogP contribution < -0.4 is 0 Å². The average molecular weight is 284 g/mol. The van der Waals surface area contributed by atoms with E-state index in [1.807, 2.05) is 0 Å². The van der Waals surface area contributed by atoms with Gasteiger partial charge in [0, 0.05) is 0 Å². The van der Waals surface area contributed by atoms with E-state index < -0.39 is 7.54 Å². The predicted molar refractivity (Wildman–Crippen MR) is 9.76 cm³/mol. The fraction of sp³-hybridized carbons (Fsp3) is 0. The maximum absolute atomic E-state index is 9.67. The Bertz CT molecular complexity index is 22.0. The van der Waals surface area contributed by atoms with Gasteiger partial charge >= 0.3 is 36.3 Å². The van der Waals surface area contributed by atoms with Crippen LogP contribution in [0.25, 0.3) is 0 Å². The maximum atomic E-state index is 9.67. The van der Waals surface area contributed by atoms with Crippen molar-refractivity contribution >= 4 is 7.54 Å². The first kappa shape index (κ1) is 9.77. The minimum atomic E-state index is -3.67. The second-order valence-corrected chi connectivity index (χ2v) is 0.247. The molecule has 0 bridgehead atoms. The minimum absolute atomic E-state index is 0.222. The molecule has 0 aromatic carbocycles. The van der Waals surface area contributed by atoms with Gasteiger partial charge in [0.2, 0.25) is 0 Å². The molecule has 32 valence electrons. The summed E-state index contributed by atoms with van der Waals surface area (Å²) in [4.78, 5) is 0. The molecule has 0 fully saturated rings. The first-order valence-electron chi connectivity index (χ1n) is 0.943. The first-order valence-corrected chi connectivity index (χ1v) is 3.19. The van der Waals surface area contributed by atoms with E-state index in [9.17, 15) is 12.9 Å². The number of halogens is 3. The summed E-state index contributed by atoms with van der Waals surface area (Å²) < 4.78 is 37.4. The van der Waals surface area contributed by atoms with Crippen molar-refractivity contribution in [3.63, 3.8) is 0 Å². The fourth-order valence-electron chi connectivity index (χ4n) is 0. The van der Waals surface area contributed by atoms with Crippen molar-refractivity contribution in [3.05, 3.63) is 0 Å². The summed E-state index contributed by atoms with van der Waals surface area (Å²) in [5.74, 6) is 0. The van der Waals surface area contributed by atoms with Crippen molar-refractivity contribution in [1.29, 1.82) is 0 Å². The van der Waals surface area contributed by atoms with Gasteiger partial charge < -0.3 is 0 Å². The molecule has 0 aromatic heterocycles. The van der Waals surface area contributed by atoms with Gasteiger partial charge in [-0.25, -0.2) is 0 Å². The van der Waals surface area contributed by atoms with Gasteiger partial charge in [-0.3, -0.25) is 12.9 Å². The van der Waals surface area contributed by atoms with E-state index in [0.717, 1.165) is 0 Å². The summed E-state index contributed by atoms with van der Waals surface area (Å²) >= 11 is -0.222. The average Bonchev–Trinajstić information content (AvgIpc) is 1.41. The molecule has 6 heteroatoms. The van der Waals surface area contributed by atoms with Gasteiger partial charge in [-0.2, -0.15) is 0 Å². The van der Waals surface area contributed by atoms with Crippen molar-refractivity contribution in [2.45, 2.75) is 0 Å². The third kappa shape index (κ3) is 170. The molecule has 0 saturated heterocycles. The second-order valence-electron chi connectivity index (χ2n) is 0.247. The molecule has 0 heterocycles. The molecular weight excluding hydrogens is 284 g/mol. The Labute approximate surface area is 49.6 Å². The zero-order valence-corrected chi connectivity index (χ0v) is 8.32. The number of hydrogen-bond donors (Lipinski definition) is 0. The van der Waals surface area contributed by atoms with Crippen LogP contribution >= 0.6 is 0 Å². The van der Waals surface area contributed by atoms with Gasteiger partial charge in [-0.1, -0.05) is 0 Å². The molecule has 1 nitrogen and oxygen atoms in total. The van der Waals surface area contributed by atoms with Gasteiger partial charge in [0.05, 0.1) is 0 Å². The Morgan fingerprint density at radius 2 is 1.17 bits per heavy atom. The van der Waals surface area contributed by atoms with Crippen LogP contribution in [0.4, 0.5) is 12.9 Å². The Kier molecular flexibility index (Phi) is 14.9. The van der Waals surface area contributed by atoms with Crippen LogP contribution in [0.1, 0.15) is 0 Å². The van der Waals surface area contributed by atoms with E-state index in [4.69, 9.17) is 2.64 Å². The molecule has 0 atom stereocenters. The van der Waals surface area contributed by atoms with Crippen molar-refractivity contribution in [2.75, 3.05) is 0 Å². The quantitative estimate of drug-likeness (QED) is 0.600. The summed E-state index contributed by atoms with van der Waals surface area (Å²) in [6, 6.07) is 0. The topological polar surface area (TPSA) is 17.1 Å². The Balaban J connectivity index is 0. The van der Waals surface area contributed by atoms with Crippen LogP contribution in [0.15, 0.2) is 0 Å². The van der Waals surface area contributed by atoms with Crippen LogP contribution in [0.5, 0.6) is 0 Å². The fourth-order valence-corrected chi connectivity index (χ4v) is 0. The SMILES string of the molecule is FB(F)F.[O]=[Hg]. The van der Waals surface area contributed by atoms with Gasteiger partial charge in [-0.15, -0.1) is 0 Å². The normalized spacial score (nSPS) is 5.50. The van der Waals surface area contributed by atoms with E-state index in [1.54, 1.807) is 0 Å². The van der Waals surface area contributed by atoms with E-state index >= 15 is 0 Å². The predicted octanol–water partition coefficient (Wildman–Crippen LogP) is 0.759. The van der Waals surface area contributed by atoms with Crippen LogP contribution in [0.2, 0.25) is 0 Å². The van der Waals surface area contributed by atoms with E-state index in [0.29, 0.717) is 0 Å². The van der Waals surface area contributed by atoms with Crippen molar-refractivity contribution in [1.82, 2.24) is 0 Å². The van der Waals surface area contributed by atoms with Gasteiger partial charge in [0.25, 0.3) is 0 Å². The third-order valence-corrected chi connectivity index (χ3v) is 0. The van der Waals surface area contributed by atoms with Crippen LogP contribution in [0, 0.1) is 0 Å². The summed E-state index contributed by atoms with van der Waals surface area (Å²) in [6.07, 6.45) is 0. The Morgan fingerprint density at radius 1 is 1.17 bits per heavy atom.